The van der Waals surface area contributed by atoms with Crippen LogP contribution in [0.1, 0.15) is 17.3 Å². The molecule has 74 valence electrons. The van der Waals surface area contributed by atoms with Gasteiger partial charge in [-0.2, -0.15) is 36.4 Å². The molecule has 0 N–H and O–H groups in total. The maximum atomic E-state index is 10.5. The molecular formula is C12H12FeO. The van der Waals surface area contributed by atoms with E-state index >= 15 is 0 Å². The zero-order valence-electron chi connectivity index (χ0n) is 7.96. The number of rotatable bonds is 1. The first-order valence-electron chi connectivity index (χ1n) is 4.20. The molecule has 0 amide bonds. The Morgan fingerprint density at radius 1 is 1.14 bits per heavy atom. The third-order valence-electron chi connectivity index (χ3n) is 1.62. The molecule has 0 aromatic heterocycles. The quantitative estimate of drug-likeness (QED) is 0.416. The minimum atomic E-state index is 0. The van der Waals surface area contributed by atoms with E-state index in [0.29, 0.717) is 0 Å². The van der Waals surface area contributed by atoms with Crippen LogP contribution in [0.3, 0.4) is 0 Å². The van der Waals surface area contributed by atoms with Crippen molar-refractivity contribution in [2.24, 2.45) is 0 Å². The van der Waals surface area contributed by atoms with Gasteiger partial charge in [0.25, 0.3) is 0 Å². The zero-order valence-corrected chi connectivity index (χ0v) is 9.06. The fraction of sp³-hybridized carbons (Fsp3) is 0.0833. The van der Waals surface area contributed by atoms with Crippen molar-refractivity contribution >= 4 is 5.78 Å². The first-order valence-corrected chi connectivity index (χ1v) is 4.20. The van der Waals surface area contributed by atoms with Gasteiger partial charge in [-0.15, -0.1) is 11.6 Å². The van der Waals surface area contributed by atoms with Gasteiger partial charge < -0.3 is 4.79 Å². The monoisotopic (exact) mass is 228 g/mol. The van der Waals surface area contributed by atoms with Crippen molar-refractivity contribution in [3.8, 4) is 0 Å². The third-order valence-corrected chi connectivity index (χ3v) is 1.62. The van der Waals surface area contributed by atoms with Gasteiger partial charge in [-0.05, 0) is 6.92 Å². The molecule has 14 heavy (non-hydrogen) atoms. The summed E-state index contributed by atoms with van der Waals surface area (Å²) in [4.78, 5) is 10.5. The molecule has 0 spiro atoms. The average molecular weight is 228 g/mol. The van der Waals surface area contributed by atoms with E-state index in [1.807, 2.05) is 54.6 Å². The topological polar surface area (TPSA) is 17.1 Å². The van der Waals surface area contributed by atoms with Crippen LogP contribution in [0.15, 0.2) is 54.6 Å². The van der Waals surface area contributed by atoms with Crippen LogP contribution in [0.4, 0.5) is 0 Å². The van der Waals surface area contributed by atoms with E-state index < -0.39 is 0 Å². The summed E-state index contributed by atoms with van der Waals surface area (Å²) in [5.41, 5.74) is 0.796. The third kappa shape index (κ3) is 4.80. The maximum Gasteiger partial charge on any atom is 2.00 e. The van der Waals surface area contributed by atoms with E-state index in [0.717, 1.165) is 5.56 Å². The van der Waals surface area contributed by atoms with Crippen LogP contribution >= 0.6 is 0 Å². The summed E-state index contributed by atoms with van der Waals surface area (Å²) >= 11 is 0. The van der Waals surface area contributed by atoms with E-state index in [4.69, 9.17) is 0 Å². The molecule has 0 fully saturated rings. The summed E-state index contributed by atoms with van der Waals surface area (Å²) in [5, 5.41) is 0. The predicted octanol–water partition coefficient (Wildman–Crippen LogP) is 3.01. The number of Topliss-reactive ketones (excluding diaryl/α,β-unsaturated/α-hetero) is 1. The molecule has 0 atom stereocenters. The fourth-order valence-electron chi connectivity index (χ4n) is 0.929. The van der Waals surface area contributed by atoms with Gasteiger partial charge in [0.15, 0.2) is 0 Å². The van der Waals surface area contributed by atoms with E-state index in [2.05, 4.69) is 0 Å². The van der Waals surface area contributed by atoms with Gasteiger partial charge in [-0.3, -0.25) is 0 Å². The van der Waals surface area contributed by atoms with Crippen molar-refractivity contribution < 1.29 is 21.9 Å². The van der Waals surface area contributed by atoms with Crippen molar-refractivity contribution in [2.75, 3.05) is 0 Å². The predicted molar refractivity (Wildman–Crippen MR) is 54.1 cm³/mol. The number of carbonyl (C=O) groups is 1. The molecule has 2 rings (SSSR count). The molecule has 0 aliphatic carbocycles. The Morgan fingerprint density at radius 2 is 1.79 bits per heavy atom. The van der Waals surface area contributed by atoms with E-state index in [-0.39, 0.29) is 22.9 Å². The molecule has 0 aliphatic heterocycles. The second kappa shape index (κ2) is 7.31. The average Bonchev–Trinajstić information content (AvgIpc) is 2.82. The molecule has 2 aromatic rings. The van der Waals surface area contributed by atoms with E-state index in [1.54, 1.807) is 6.92 Å². The molecule has 0 saturated heterocycles. The molecule has 2 aromatic carbocycles. The molecule has 2 heteroatoms. The van der Waals surface area contributed by atoms with Crippen LogP contribution in [0.2, 0.25) is 0 Å². The largest absolute Gasteiger partial charge is 2.00 e. The summed E-state index contributed by atoms with van der Waals surface area (Å²) < 4.78 is 0. The molecule has 0 bridgehead atoms. The second-order valence-electron chi connectivity index (χ2n) is 2.69. The van der Waals surface area contributed by atoms with Gasteiger partial charge in [0.2, 0.25) is 0 Å². The van der Waals surface area contributed by atoms with Crippen molar-refractivity contribution in [2.45, 2.75) is 6.92 Å². The fourth-order valence-corrected chi connectivity index (χ4v) is 0.929. The molecule has 0 saturated carbocycles. The van der Waals surface area contributed by atoms with Crippen molar-refractivity contribution in [1.82, 2.24) is 0 Å². The molecule has 1 nitrogen and oxygen atoms in total. The molecule has 0 unspecified atom stereocenters. The van der Waals surface area contributed by atoms with Gasteiger partial charge in [0, 0.05) is 0 Å². The first kappa shape index (κ1) is 12.9. The summed E-state index contributed by atoms with van der Waals surface area (Å²) in [7, 11) is 0. The van der Waals surface area contributed by atoms with Crippen molar-refractivity contribution in [3.63, 3.8) is 0 Å². The number of hydrogen-bond acceptors (Lipinski definition) is 1. The van der Waals surface area contributed by atoms with Crippen molar-refractivity contribution in [3.05, 3.63) is 60.2 Å². The van der Waals surface area contributed by atoms with Crippen LogP contribution in [0, 0.1) is 0 Å². The normalized spacial score (nSPS) is 8.07. The van der Waals surface area contributed by atoms with Gasteiger partial charge in [-0.25, -0.2) is 12.1 Å². The van der Waals surface area contributed by atoms with Gasteiger partial charge in [-0.1, -0.05) is 0 Å². The van der Waals surface area contributed by atoms with E-state index in [1.165, 1.54) is 0 Å². The molecule has 0 aliphatic rings. The minimum absolute atomic E-state index is 0. The molecule has 0 heterocycles. The number of carbonyl (C=O) groups excluding carboxylic acids is 1. The smallest absolute Gasteiger partial charge is 0.352 e. The molecule has 0 radical (unpaired) electrons. The Balaban J connectivity index is 0.000000246. The van der Waals surface area contributed by atoms with Crippen molar-refractivity contribution in [1.29, 1.82) is 0 Å². The molecular weight excluding hydrogens is 216 g/mol. The Morgan fingerprint density at radius 3 is 2.00 bits per heavy atom. The van der Waals surface area contributed by atoms with E-state index in [9.17, 15) is 4.79 Å². The number of ketones is 1. The van der Waals surface area contributed by atoms with Crippen LogP contribution in [-0.4, -0.2) is 5.78 Å². The Labute approximate surface area is 95.0 Å². The Kier molecular flexibility index (Phi) is 6.73. The first-order chi connectivity index (χ1) is 6.30. The van der Waals surface area contributed by atoms with Crippen LogP contribution in [0.5, 0.6) is 0 Å². The summed E-state index contributed by atoms with van der Waals surface area (Å²) in [6.07, 6.45) is 0. The Bertz CT molecular complexity index is 302. The maximum absolute atomic E-state index is 10.5. The van der Waals surface area contributed by atoms with Crippen LogP contribution in [0.25, 0.3) is 0 Å². The van der Waals surface area contributed by atoms with Gasteiger partial charge in [0.1, 0.15) is 0 Å². The summed E-state index contributed by atoms with van der Waals surface area (Å²) in [6.45, 7) is 1.56. The van der Waals surface area contributed by atoms with Crippen LogP contribution < -0.4 is 0 Å². The Hall–Kier alpha value is -1.11. The minimum Gasteiger partial charge on any atom is -0.352 e. The van der Waals surface area contributed by atoms with Crippen LogP contribution in [-0.2, 0) is 17.1 Å². The summed E-state index contributed by atoms with van der Waals surface area (Å²) in [5.74, 6) is 0.134. The summed E-state index contributed by atoms with van der Waals surface area (Å²) in [6, 6.07) is 17.3. The zero-order chi connectivity index (χ0) is 9.52. The number of hydrogen-bond donors (Lipinski definition) is 0. The van der Waals surface area contributed by atoms with Gasteiger partial charge in [0.05, 0.1) is 5.78 Å². The van der Waals surface area contributed by atoms with Gasteiger partial charge >= 0.3 is 17.1 Å². The standard InChI is InChI=1S/C7H7O.C5H5.Fe/c1-6(8)7-4-2-3-5-7;1-2-4-5-3-1;/h2-5H,1H3;1-5H;/q2*-1;+2. The SMILES string of the molecule is CC(=O)c1ccc[cH-]1.[Fe+2].c1cc[cH-]c1. The second-order valence-corrected chi connectivity index (χ2v) is 2.69.